The summed E-state index contributed by atoms with van der Waals surface area (Å²) >= 11 is 12.0. The molecule has 0 atom stereocenters. The molecule has 3 amide bonds. The zero-order chi connectivity index (χ0) is 22.0. The minimum atomic E-state index is -0.682. The van der Waals surface area contributed by atoms with Gasteiger partial charge in [-0.1, -0.05) is 23.2 Å². The third kappa shape index (κ3) is 4.15. The van der Waals surface area contributed by atoms with Gasteiger partial charge in [0.2, 0.25) is 0 Å². The van der Waals surface area contributed by atoms with Crippen LogP contribution in [0.5, 0.6) is 0 Å². The van der Waals surface area contributed by atoms with Gasteiger partial charge in [0.1, 0.15) is 5.15 Å². The predicted octanol–water partition coefficient (Wildman–Crippen LogP) is 3.50. The van der Waals surface area contributed by atoms with Crippen molar-refractivity contribution in [1.82, 2.24) is 9.88 Å². The number of benzene rings is 1. The van der Waals surface area contributed by atoms with E-state index in [1.54, 1.807) is 26.0 Å². The Kier molecular flexibility index (Phi) is 6.38. The van der Waals surface area contributed by atoms with Crippen LogP contribution in [0.4, 0.5) is 5.69 Å². The maximum absolute atomic E-state index is 13.0. The Labute approximate surface area is 182 Å². The van der Waals surface area contributed by atoms with Crippen LogP contribution in [0.25, 0.3) is 0 Å². The van der Waals surface area contributed by atoms with Gasteiger partial charge in [0.15, 0.2) is 0 Å². The lowest BCUT2D eigenvalue weighted by Crippen LogP contribution is -2.32. The number of esters is 1. The first-order chi connectivity index (χ1) is 14.2. The predicted molar refractivity (Wildman–Crippen MR) is 110 cm³/mol. The lowest BCUT2D eigenvalue weighted by molar-refractivity contribution is -0.143. The van der Waals surface area contributed by atoms with E-state index in [9.17, 15) is 19.2 Å². The third-order valence-corrected chi connectivity index (χ3v) is 4.97. The van der Waals surface area contributed by atoms with Crippen LogP contribution in [0.15, 0.2) is 24.3 Å². The highest BCUT2D eigenvalue weighted by molar-refractivity contribution is 6.37. The van der Waals surface area contributed by atoms with Crippen molar-refractivity contribution < 1.29 is 23.9 Å². The van der Waals surface area contributed by atoms with Crippen molar-refractivity contribution in [2.24, 2.45) is 0 Å². The summed E-state index contributed by atoms with van der Waals surface area (Å²) in [5.74, 6) is -2.39. The summed E-state index contributed by atoms with van der Waals surface area (Å²) in [5, 5.41) is 2.95. The summed E-state index contributed by atoms with van der Waals surface area (Å²) in [6.07, 6.45) is -0.157. The van der Waals surface area contributed by atoms with Crippen molar-refractivity contribution in [2.45, 2.75) is 20.3 Å². The molecule has 156 valence electrons. The molecule has 8 nitrogen and oxygen atoms in total. The first kappa shape index (κ1) is 21.7. The van der Waals surface area contributed by atoms with Crippen LogP contribution in [0.1, 0.15) is 50.1 Å². The molecule has 1 aliphatic rings. The number of carbonyl (C=O) groups is 4. The second-order valence-corrected chi connectivity index (χ2v) is 7.19. The summed E-state index contributed by atoms with van der Waals surface area (Å²) < 4.78 is 4.83. The van der Waals surface area contributed by atoms with Crippen molar-refractivity contribution in [3.63, 3.8) is 0 Å². The lowest BCUT2D eigenvalue weighted by atomic mass is 10.1. The lowest BCUT2D eigenvalue weighted by Gasteiger charge is -2.14. The van der Waals surface area contributed by atoms with Gasteiger partial charge in [-0.2, -0.15) is 0 Å². The summed E-state index contributed by atoms with van der Waals surface area (Å²) in [5.41, 5.74) is 0.505. The van der Waals surface area contributed by atoms with Gasteiger partial charge in [0.05, 0.1) is 35.5 Å². The van der Waals surface area contributed by atoms with Gasteiger partial charge in [-0.15, -0.1) is 0 Å². The quantitative estimate of drug-likeness (QED) is 0.410. The Balaban J connectivity index is 1.93. The van der Waals surface area contributed by atoms with Crippen LogP contribution >= 0.6 is 23.2 Å². The molecule has 2 aromatic rings. The maximum Gasteiger partial charge on any atom is 0.307 e. The summed E-state index contributed by atoms with van der Waals surface area (Å²) in [7, 11) is 0. The monoisotopic (exact) mass is 449 g/mol. The number of aryl methyl sites for hydroxylation is 1. The Morgan fingerprint density at radius 1 is 1.10 bits per heavy atom. The SMILES string of the molecule is CCOC(=O)CCN1C(=O)c2c(Cl)nc(C)c(NC(=O)c3ccc(Cl)cc3)c2C1=O. The van der Waals surface area contributed by atoms with Crippen LogP contribution in [0.3, 0.4) is 0 Å². The minimum absolute atomic E-state index is 0.0522. The molecule has 0 radical (unpaired) electrons. The average molecular weight is 450 g/mol. The van der Waals surface area contributed by atoms with Gasteiger partial charge in [-0.05, 0) is 38.1 Å². The number of fused-ring (bicyclic) bond motifs is 1. The van der Waals surface area contributed by atoms with Crippen LogP contribution < -0.4 is 5.32 Å². The van der Waals surface area contributed by atoms with Crippen LogP contribution in [-0.4, -0.2) is 46.7 Å². The number of hydrogen-bond acceptors (Lipinski definition) is 6. The molecule has 0 saturated heterocycles. The van der Waals surface area contributed by atoms with Gasteiger partial charge in [-0.3, -0.25) is 24.1 Å². The fraction of sp³-hybridized carbons (Fsp3) is 0.250. The van der Waals surface area contributed by atoms with E-state index in [0.29, 0.717) is 10.6 Å². The first-order valence-electron chi connectivity index (χ1n) is 9.03. The van der Waals surface area contributed by atoms with E-state index >= 15 is 0 Å². The number of aromatic nitrogens is 1. The van der Waals surface area contributed by atoms with E-state index in [1.165, 1.54) is 12.1 Å². The van der Waals surface area contributed by atoms with Crippen LogP contribution in [0, 0.1) is 6.92 Å². The maximum atomic E-state index is 13.0. The normalized spacial score (nSPS) is 12.7. The van der Waals surface area contributed by atoms with Gasteiger partial charge in [0, 0.05) is 17.1 Å². The topological polar surface area (TPSA) is 106 Å². The second kappa shape index (κ2) is 8.81. The number of nitrogens with one attached hydrogen (secondary N) is 1. The van der Waals surface area contributed by atoms with Crippen molar-refractivity contribution in [2.75, 3.05) is 18.5 Å². The Morgan fingerprint density at radius 2 is 1.73 bits per heavy atom. The summed E-state index contributed by atoms with van der Waals surface area (Å²) in [6, 6.07) is 6.16. The molecular formula is C20H17Cl2N3O5. The zero-order valence-electron chi connectivity index (χ0n) is 16.1. The Bertz CT molecular complexity index is 1050. The van der Waals surface area contributed by atoms with Gasteiger partial charge in [0.25, 0.3) is 17.7 Å². The highest BCUT2D eigenvalue weighted by atomic mass is 35.5. The molecule has 0 aliphatic carbocycles. The first-order valence-corrected chi connectivity index (χ1v) is 9.79. The number of nitrogens with zero attached hydrogens (tertiary/aromatic N) is 2. The molecular weight excluding hydrogens is 433 g/mol. The molecule has 0 spiro atoms. The molecule has 0 unspecified atom stereocenters. The number of imide groups is 1. The minimum Gasteiger partial charge on any atom is -0.466 e. The fourth-order valence-electron chi connectivity index (χ4n) is 3.02. The smallest absolute Gasteiger partial charge is 0.307 e. The van der Waals surface area contributed by atoms with Crippen molar-refractivity contribution in [3.05, 3.63) is 56.8 Å². The highest BCUT2D eigenvalue weighted by Crippen LogP contribution is 2.35. The Morgan fingerprint density at radius 3 is 2.37 bits per heavy atom. The number of halogens is 2. The Hall–Kier alpha value is -2.97. The van der Waals surface area contributed by atoms with E-state index < -0.39 is 23.7 Å². The molecule has 0 fully saturated rings. The van der Waals surface area contributed by atoms with Crippen molar-refractivity contribution in [3.8, 4) is 0 Å². The van der Waals surface area contributed by atoms with Crippen LogP contribution in [0.2, 0.25) is 10.2 Å². The molecule has 0 bridgehead atoms. The molecule has 30 heavy (non-hydrogen) atoms. The van der Waals surface area contributed by atoms with E-state index in [0.717, 1.165) is 4.90 Å². The van der Waals surface area contributed by atoms with E-state index in [1.807, 2.05) is 0 Å². The van der Waals surface area contributed by atoms with E-state index in [4.69, 9.17) is 27.9 Å². The number of ether oxygens (including phenoxy) is 1. The molecule has 1 N–H and O–H groups in total. The van der Waals surface area contributed by atoms with Gasteiger partial charge >= 0.3 is 5.97 Å². The molecule has 10 heteroatoms. The third-order valence-electron chi connectivity index (χ3n) is 4.44. The number of carbonyl (C=O) groups excluding carboxylic acids is 4. The summed E-state index contributed by atoms with van der Waals surface area (Å²) in [6.45, 7) is 3.23. The van der Waals surface area contributed by atoms with Crippen LogP contribution in [-0.2, 0) is 9.53 Å². The number of anilines is 1. The zero-order valence-corrected chi connectivity index (χ0v) is 17.6. The largest absolute Gasteiger partial charge is 0.466 e. The van der Waals surface area contributed by atoms with E-state index in [2.05, 4.69) is 10.3 Å². The van der Waals surface area contributed by atoms with E-state index in [-0.39, 0.29) is 47.2 Å². The molecule has 1 aromatic heterocycles. The number of rotatable bonds is 6. The van der Waals surface area contributed by atoms with Gasteiger partial charge in [-0.25, -0.2) is 4.98 Å². The molecule has 1 aromatic carbocycles. The summed E-state index contributed by atoms with van der Waals surface area (Å²) in [4.78, 5) is 55.0. The molecule has 3 rings (SSSR count). The molecule has 0 saturated carbocycles. The number of hydrogen-bond donors (Lipinski definition) is 1. The van der Waals surface area contributed by atoms with Crippen molar-refractivity contribution in [1.29, 1.82) is 0 Å². The van der Waals surface area contributed by atoms with Crippen molar-refractivity contribution >= 4 is 52.6 Å². The molecule has 1 aliphatic heterocycles. The number of pyridine rings is 1. The average Bonchev–Trinajstić information content (AvgIpc) is 2.94. The molecule has 2 heterocycles. The van der Waals surface area contributed by atoms with Gasteiger partial charge < -0.3 is 10.1 Å². The highest BCUT2D eigenvalue weighted by Gasteiger charge is 2.41. The fourth-order valence-corrected chi connectivity index (χ4v) is 3.45. The standard InChI is InChI=1S/C20H17Cl2N3O5/c1-3-30-13(26)8-9-25-19(28)14-15(20(25)29)17(22)23-10(2)16(14)24-18(27)11-4-6-12(21)7-5-11/h4-7H,3,8-9H2,1-2H3,(H,24,27). The second-order valence-electron chi connectivity index (χ2n) is 6.39. The number of amides is 3.